The van der Waals surface area contributed by atoms with Crippen molar-refractivity contribution < 1.29 is 17.9 Å². The van der Waals surface area contributed by atoms with Gasteiger partial charge >= 0.3 is 0 Å². The molecule has 0 bridgehead atoms. The summed E-state index contributed by atoms with van der Waals surface area (Å²) >= 11 is 6.08. The molecule has 0 aromatic heterocycles. The van der Waals surface area contributed by atoms with Crippen LogP contribution in [0, 0.1) is 0 Å². The Morgan fingerprint density at radius 2 is 1.78 bits per heavy atom. The van der Waals surface area contributed by atoms with Gasteiger partial charge in [-0.25, -0.2) is 8.42 Å². The van der Waals surface area contributed by atoms with Crippen molar-refractivity contribution in [3.63, 3.8) is 0 Å². The van der Waals surface area contributed by atoms with Crippen LogP contribution in [0.5, 0.6) is 5.75 Å². The van der Waals surface area contributed by atoms with E-state index in [9.17, 15) is 13.2 Å². The van der Waals surface area contributed by atoms with E-state index in [1.54, 1.807) is 48.4 Å². The third kappa shape index (κ3) is 5.06. The number of hydrogen-bond acceptors (Lipinski definition) is 4. The van der Waals surface area contributed by atoms with Gasteiger partial charge in [-0.2, -0.15) is 0 Å². The van der Waals surface area contributed by atoms with E-state index in [1.807, 2.05) is 24.3 Å². The summed E-state index contributed by atoms with van der Waals surface area (Å²) in [5, 5.41) is 0.294. The van der Waals surface area contributed by atoms with Gasteiger partial charge in [-0.3, -0.25) is 9.52 Å². The number of carbonyl (C=O) groups is 1. The predicted molar refractivity (Wildman–Crippen MR) is 125 cm³/mol. The lowest BCUT2D eigenvalue weighted by molar-refractivity contribution is 0.0729. The maximum Gasteiger partial charge on any atom is 0.261 e. The quantitative estimate of drug-likeness (QED) is 0.505. The summed E-state index contributed by atoms with van der Waals surface area (Å²) in [6, 6.07) is 20.4. The van der Waals surface area contributed by atoms with Gasteiger partial charge in [-0.15, -0.1) is 0 Å². The van der Waals surface area contributed by atoms with Crippen LogP contribution in [0.15, 0.2) is 77.7 Å². The SMILES string of the molecule is COc1ccc(CN(C(=O)c2cccc(S(=O)(=O)Nc3ccccc3Cl)c2)C2CC2)cc1. The van der Waals surface area contributed by atoms with Crippen molar-refractivity contribution >= 4 is 33.2 Å². The van der Waals surface area contributed by atoms with Gasteiger partial charge in [0.15, 0.2) is 0 Å². The third-order valence-corrected chi connectivity index (χ3v) is 6.96. The van der Waals surface area contributed by atoms with E-state index in [4.69, 9.17) is 16.3 Å². The minimum atomic E-state index is -3.91. The molecule has 1 saturated carbocycles. The summed E-state index contributed by atoms with van der Waals surface area (Å²) < 4.78 is 33.5. The van der Waals surface area contributed by atoms with Gasteiger partial charge in [0, 0.05) is 18.2 Å². The largest absolute Gasteiger partial charge is 0.497 e. The number of anilines is 1. The number of nitrogens with zero attached hydrogens (tertiary/aromatic N) is 1. The van der Waals surface area contributed by atoms with Crippen molar-refractivity contribution in [1.29, 1.82) is 0 Å². The molecule has 32 heavy (non-hydrogen) atoms. The molecular weight excluding hydrogens is 448 g/mol. The molecular formula is C24H23ClN2O4S. The van der Waals surface area contributed by atoms with Gasteiger partial charge in [0.25, 0.3) is 15.9 Å². The van der Waals surface area contributed by atoms with Crippen LogP contribution in [-0.4, -0.2) is 32.4 Å². The molecule has 3 aromatic rings. The van der Waals surface area contributed by atoms with Crippen LogP contribution in [0.4, 0.5) is 5.69 Å². The van der Waals surface area contributed by atoms with E-state index in [0.29, 0.717) is 17.1 Å². The topological polar surface area (TPSA) is 75.7 Å². The minimum Gasteiger partial charge on any atom is -0.497 e. The van der Waals surface area contributed by atoms with Gasteiger partial charge in [-0.05, 0) is 60.9 Å². The van der Waals surface area contributed by atoms with Gasteiger partial charge in [0.2, 0.25) is 0 Å². The van der Waals surface area contributed by atoms with Crippen molar-refractivity contribution in [2.24, 2.45) is 0 Å². The Hall–Kier alpha value is -3.03. The number of para-hydroxylation sites is 1. The maximum absolute atomic E-state index is 13.3. The highest BCUT2D eigenvalue weighted by Crippen LogP contribution is 2.31. The average molecular weight is 471 g/mol. The third-order valence-electron chi connectivity index (χ3n) is 5.27. The first kappa shape index (κ1) is 22.2. The number of nitrogens with one attached hydrogen (secondary N) is 1. The Morgan fingerprint density at radius 3 is 2.44 bits per heavy atom. The van der Waals surface area contributed by atoms with Gasteiger partial charge < -0.3 is 9.64 Å². The summed E-state index contributed by atoms with van der Waals surface area (Å²) in [4.78, 5) is 15.1. The number of benzene rings is 3. The Labute approximate surface area is 192 Å². The Morgan fingerprint density at radius 1 is 1.06 bits per heavy atom. The zero-order chi connectivity index (χ0) is 22.7. The monoisotopic (exact) mass is 470 g/mol. The molecule has 1 fully saturated rings. The molecule has 0 saturated heterocycles. The predicted octanol–water partition coefficient (Wildman–Crippen LogP) is 4.95. The maximum atomic E-state index is 13.3. The van der Waals surface area contributed by atoms with Crippen molar-refractivity contribution in [3.8, 4) is 5.75 Å². The second-order valence-electron chi connectivity index (χ2n) is 7.63. The summed E-state index contributed by atoms with van der Waals surface area (Å²) in [5.41, 5.74) is 1.59. The van der Waals surface area contributed by atoms with E-state index in [-0.39, 0.29) is 22.5 Å². The normalized spacial score (nSPS) is 13.4. The highest BCUT2D eigenvalue weighted by molar-refractivity contribution is 7.92. The lowest BCUT2D eigenvalue weighted by atomic mass is 10.1. The summed E-state index contributed by atoms with van der Waals surface area (Å²) in [6.07, 6.45) is 1.88. The molecule has 1 aliphatic rings. The Balaban J connectivity index is 1.56. The molecule has 8 heteroatoms. The second kappa shape index (κ2) is 9.22. The summed E-state index contributed by atoms with van der Waals surface area (Å²) in [7, 11) is -2.30. The van der Waals surface area contributed by atoms with Crippen LogP contribution in [-0.2, 0) is 16.6 Å². The molecule has 0 unspecified atom stereocenters. The number of carbonyl (C=O) groups excluding carboxylic acids is 1. The molecule has 0 radical (unpaired) electrons. The molecule has 3 aromatic carbocycles. The molecule has 1 amide bonds. The van der Waals surface area contributed by atoms with Crippen LogP contribution in [0.1, 0.15) is 28.8 Å². The van der Waals surface area contributed by atoms with E-state index < -0.39 is 10.0 Å². The van der Waals surface area contributed by atoms with Crippen molar-refractivity contribution in [2.75, 3.05) is 11.8 Å². The van der Waals surface area contributed by atoms with E-state index in [0.717, 1.165) is 24.2 Å². The van der Waals surface area contributed by atoms with Gasteiger partial charge in [0.1, 0.15) is 5.75 Å². The van der Waals surface area contributed by atoms with E-state index >= 15 is 0 Å². The molecule has 4 rings (SSSR count). The first-order chi connectivity index (χ1) is 15.4. The highest BCUT2D eigenvalue weighted by atomic mass is 35.5. The number of sulfonamides is 1. The van der Waals surface area contributed by atoms with Gasteiger partial charge in [-0.1, -0.05) is 41.9 Å². The minimum absolute atomic E-state index is 0.00321. The molecule has 0 spiro atoms. The molecule has 1 aliphatic carbocycles. The number of ether oxygens (including phenoxy) is 1. The highest BCUT2D eigenvalue weighted by Gasteiger charge is 2.33. The molecule has 0 heterocycles. The van der Waals surface area contributed by atoms with Crippen molar-refractivity contribution in [1.82, 2.24) is 4.90 Å². The fourth-order valence-corrected chi connectivity index (χ4v) is 4.75. The summed E-state index contributed by atoms with van der Waals surface area (Å²) in [6.45, 7) is 0.447. The van der Waals surface area contributed by atoms with Crippen LogP contribution < -0.4 is 9.46 Å². The first-order valence-corrected chi connectivity index (χ1v) is 12.0. The number of hydrogen-bond donors (Lipinski definition) is 1. The summed E-state index contributed by atoms with van der Waals surface area (Å²) in [5.74, 6) is 0.556. The van der Waals surface area contributed by atoms with Crippen molar-refractivity contribution in [3.05, 3.63) is 88.9 Å². The fourth-order valence-electron chi connectivity index (χ4n) is 3.39. The van der Waals surface area contributed by atoms with Crippen LogP contribution >= 0.6 is 11.6 Å². The van der Waals surface area contributed by atoms with Crippen LogP contribution in [0.25, 0.3) is 0 Å². The number of amides is 1. The Bertz CT molecular complexity index is 1220. The zero-order valence-corrected chi connectivity index (χ0v) is 19.1. The average Bonchev–Trinajstić information content (AvgIpc) is 3.64. The zero-order valence-electron chi connectivity index (χ0n) is 17.5. The number of halogens is 1. The lowest BCUT2D eigenvalue weighted by Crippen LogP contribution is -2.32. The number of methoxy groups -OCH3 is 1. The van der Waals surface area contributed by atoms with E-state index in [1.165, 1.54) is 12.1 Å². The van der Waals surface area contributed by atoms with Crippen molar-refractivity contribution in [2.45, 2.75) is 30.3 Å². The second-order valence-corrected chi connectivity index (χ2v) is 9.72. The lowest BCUT2D eigenvalue weighted by Gasteiger charge is -2.23. The van der Waals surface area contributed by atoms with Crippen LogP contribution in [0.2, 0.25) is 5.02 Å². The molecule has 166 valence electrons. The van der Waals surface area contributed by atoms with Crippen LogP contribution in [0.3, 0.4) is 0 Å². The first-order valence-electron chi connectivity index (χ1n) is 10.2. The molecule has 6 nitrogen and oxygen atoms in total. The number of rotatable bonds is 8. The molecule has 0 aliphatic heterocycles. The Kier molecular flexibility index (Phi) is 6.39. The standard InChI is InChI=1S/C24H23ClN2O4S/c1-31-20-13-9-17(10-14-20)16-27(19-11-12-19)24(28)18-5-4-6-21(15-18)32(29,30)26-23-8-3-2-7-22(23)25/h2-10,13-15,19,26H,11-12,16H2,1H3. The molecule has 1 N–H and O–H groups in total. The van der Waals surface area contributed by atoms with Gasteiger partial charge in [0.05, 0.1) is 22.7 Å². The fraction of sp³-hybridized carbons (Fsp3) is 0.208. The smallest absolute Gasteiger partial charge is 0.261 e. The molecule has 0 atom stereocenters. The van der Waals surface area contributed by atoms with E-state index in [2.05, 4.69) is 4.72 Å².